The van der Waals surface area contributed by atoms with Crippen molar-refractivity contribution in [3.05, 3.63) is 71.7 Å². The van der Waals surface area contributed by atoms with Crippen molar-refractivity contribution in [1.82, 2.24) is 19.8 Å². The molecule has 6 nitrogen and oxygen atoms in total. The normalized spacial score (nSPS) is 14.9. The van der Waals surface area contributed by atoms with Gasteiger partial charge in [-0.3, -0.25) is 5.01 Å². The number of hydrogen-bond acceptors (Lipinski definition) is 5. The van der Waals surface area contributed by atoms with E-state index in [1.165, 1.54) is 0 Å². The summed E-state index contributed by atoms with van der Waals surface area (Å²) in [6, 6.07) is 16.2. The van der Waals surface area contributed by atoms with E-state index in [0.717, 1.165) is 54.6 Å². The van der Waals surface area contributed by atoms with Gasteiger partial charge in [0.1, 0.15) is 5.82 Å². The maximum absolute atomic E-state index is 4.72. The molecule has 0 amide bonds. The van der Waals surface area contributed by atoms with Crippen LogP contribution >= 0.6 is 0 Å². The number of hydrogen-bond donors (Lipinski definition) is 0. The molecule has 0 radical (unpaired) electrons. The van der Waals surface area contributed by atoms with Crippen molar-refractivity contribution in [3.8, 4) is 5.69 Å². The minimum absolute atomic E-state index is 0.887. The van der Waals surface area contributed by atoms with Crippen LogP contribution in [0, 0.1) is 13.8 Å². The molecule has 4 rings (SSSR count). The van der Waals surface area contributed by atoms with E-state index in [-0.39, 0.29) is 0 Å². The zero-order chi connectivity index (χ0) is 18.6. The first-order valence-corrected chi connectivity index (χ1v) is 9.29. The Morgan fingerprint density at radius 1 is 0.926 bits per heavy atom. The van der Waals surface area contributed by atoms with Gasteiger partial charge in [0.05, 0.1) is 36.4 Å². The van der Waals surface area contributed by atoms with Crippen LogP contribution in [-0.2, 0) is 0 Å². The third kappa shape index (κ3) is 3.69. The molecule has 1 fully saturated rings. The number of para-hydroxylation sites is 1. The lowest BCUT2D eigenvalue weighted by atomic mass is 10.2. The molecule has 2 aromatic heterocycles. The van der Waals surface area contributed by atoms with E-state index in [2.05, 4.69) is 45.1 Å². The number of hydrazone groups is 1. The number of pyridine rings is 1. The number of aromatic nitrogens is 3. The maximum Gasteiger partial charge on any atom is 0.128 e. The molecule has 6 heteroatoms. The van der Waals surface area contributed by atoms with Crippen LogP contribution in [0.15, 0.2) is 59.8 Å². The lowest BCUT2D eigenvalue weighted by molar-refractivity contribution is 0.271. The van der Waals surface area contributed by atoms with Crippen LogP contribution in [0.25, 0.3) is 5.69 Å². The molecule has 1 aliphatic rings. The van der Waals surface area contributed by atoms with Gasteiger partial charge in [-0.05, 0) is 38.1 Å². The van der Waals surface area contributed by atoms with Crippen LogP contribution < -0.4 is 4.90 Å². The summed E-state index contributed by atoms with van der Waals surface area (Å²) in [5.74, 6) is 1.04. The summed E-state index contributed by atoms with van der Waals surface area (Å²) in [5.41, 5.74) is 4.26. The van der Waals surface area contributed by atoms with Gasteiger partial charge in [0.15, 0.2) is 0 Å². The van der Waals surface area contributed by atoms with Gasteiger partial charge in [-0.2, -0.15) is 10.2 Å². The Morgan fingerprint density at radius 2 is 1.67 bits per heavy atom. The standard InChI is InChI=1S/C21H24N6/c1-17-20(18(2)27(24-17)19-8-4-3-5-9-19)16-23-26-14-12-25(13-15-26)21-10-6-7-11-22-21/h3-11,16H,12-15H2,1-2H3/b23-16-. The zero-order valence-electron chi connectivity index (χ0n) is 15.8. The minimum Gasteiger partial charge on any atom is -0.353 e. The van der Waals surface area contributed by atoms with E-state index in [1.54, 1.807) is 0 Å². The largest absolute Gasteiger partial charge is 0.353 e. The van der Waals surface area contributed by atoms with Crippen molar-refractivity contribution in [2.24, 2.45) is 5.10 Å². The highest BCUT2D eigenvalue weighted by atomic mass is 15.5. The Kier molecular flexibility index (Phi) is 4.87. The Labute approximate surface area is 159 Å². The Morgan fingerprint density at radius 3 is 2.37 bits per heavy atom. The van der Waals surface area contributed by atoms with Crippen LogP contribution in [0.5, 0.6) is 0 Å². The third-order valence-corrected chi connectivity index (χ3v) is 4.93. The van der Waals surface area contributed by atoms with Crippen molar-refractivity contribution in [2.45, 2.75) is 13.8 Å². The molecule has 0 spiro atoms. The van der Waals surface area contributed by atoms with Gasteiger partial charge in [-0.15, -0.1) is 0 Å². The van der Waals surface area contributed by atoms with E-state index in [9.17, 15) is 0 Å². The molecule has 27 heavy (non-hydrogen) atoms. The fourth-order valence-corrected chi connectivity index (χ4v) is 3.38. The van der Waals surface area contributed by atoms with Crippen LogP contribution in [-0.4, -0.2) is 52.2 Å². The van der Waals surface area contributed by atoms with E-state index in [0.29, 0.717) is 0 Å². The van der Waals surface area contributed by atoms with Gasteiger partial charge >= 0.3 is 0 Å². The second-order valence-corrected chi connectivity index (χ2v) is 6.71. The van der Waals surface area contributed by atoms with Gasteiger partial charge in [0.25, 0.3) is 0 Å². The summed E-state index contributed by atoms with van der Waals surface area (Å²) in [7, 11) is 0. The van der Waals surface area contributed by atoms with Crippen LogP contribution in [0.4, 0.5) is 5.82 Å². The number of piperazine rings is 1. The molecule has 138 valence electrons. The zero-order valence-corrected chi connectivity index (χ0v) is 15.8. The molecule has 3 heterocycles. The van der Waals surface area contributed by atoms with E-state index in [1.807, 2.05) is 54.3 Å². The average Bonchev–Trinajstić information content (AvgIpc) is 3.02. The molecule has 3 aromatic rings. The Bertz CT molecular complexity index is 909. The number of anilines is 1. The molecule has 0 saturated carbocycles. The molecule has 0 aliphatic carbocycles. The molecule has 0 N–H and O–H groups in total. The second-order valence-electron chi connectivity index (χ2n) is 6.71. The molecule has 0 bridgehead atoms. The first-order chi connectivity index (χ1) is 13.2. The Balaban J connectivity index is 1.44. The summed E-state index contributed by atoms with van der Waals surface area (Å²) in [6.07, 6.45) is 3.79. The fraction of sp³-hybridized carbons (Fsp3) is 0.286. The fourth-order valence-electron chi connectivity index (χ4n) is 3.38. The van der Waals surface area contributed by atoms with E-state index >= 15 is 0 Å². The van der Waals surface area contributed by atoms with Crippen molar-refractivity contribution >= 4 is 12.0 Å². The first kappa shape index (κ1) is 17.3. The van der Waals surface area contributed by atoms with E-state index < -0.39 is 0 Å². The Hall–Kier alpha value is -3.15. The van der Waals surface area contributed by atoms with Crippen LogP contribution in [0.3, 0.4) is 0 Å². The minimum atomic E-state index is 0.887. The predicted octanol–water partition coefficient (Wildman–Crippen LogP) is 3.04. The molecular weight excluding hydrogens is 336 g/mol. The summed E-state index contributed by atoms with van der Waals surface area (Å²) >= 11 is 0. The quantitative estimate of drug-likeness (QED) is 0.671. The van der Waals surface area contributed by atoms with Crippen molar-refractivity contribution in [1.29, 1.82) is 0 Å². The van der Waals surface area contributed by atoms with Crippen molar-refractivity contribution < 1.29 is 0 Å². The molecule has 1 saturated heterocycles. The SMILES string of the molecule is Cc1nn(-c2ccccc2)c(C)c1/C=N\N1CCN(c2ccccn2)CC1. The summed E-state index contributed by atoms with van der Waals surface area (Å²) in [4.78, 5) is 6.74. The summed E-state index contributed by atoms with van der Waals surface area (Å²) in [5, 5.41) is 11.5. The molecule has 1 aliphatic heterocycles. The average molecular weight is 360 g/mol. The first-order valence-electron chi connectivity index (χ1n) is 9.29. The highest BCUT2D eigenvalue weighted by Gasteiger charge is 2.17. The molecule has 0 unspecified atom stereocenters. The smallest absolute Gasteiger partial charge is 0.128 e. The monoisotopic (exact) mass is 360 g/mol. The van der Waals surface area contributed by atoms with E-state index in [4.69, 9.17) is 5.10 Å². The number of rotatable bonds is 4. The molecular formula is C21H24N6. The topological polar surface area (TPSA) is 49.6 Å². The second kappa shape index (κ2) is 7.61. The van der Waals surface area contributed by atoms with Gasteiger partial charge < -0.3 is 4.90 Å². The number of aryl methyl sites for hydroxylation is 1. The van der Waals surface area contributed by atoms with Gasteiger partial charge in [0, 0.05) is 24.8 Å². The predicted molar refractivity (Wildman–Crippen MR) is 109 cm³/mol. The molecule has 0 atom stereocenters. The number of nitrogens with zero attached hydrogens (tertiary/aromatic N) is 6. The van der Waals surface area contributed by atoms with Gasteiger partial charge in [0.2, 0.25) is 0 Å². The lowest BCUT2D eigenvalue weighted by Crippen LogP contribution is -2.44. The lowest BCUT2D eigenvalue weighted by Gasteiger charge is -2.33. The summed E-state index contributed by atoms with van der Waals surface area (Å²) < 4.78 is 1.98. The molecule has 1 aromatic carbocycles. The highest BCUT2D eigenvalue weighted by molar-refractivity contribution is 5.82. The third-order valence-electron chi connectivity index (χ3n) is 4.93. The highest BCUT2D eigenvalue weighted by Crippen LogP contribution is 2.17. The maximum atomic E-state index is 4.72. The van der Waals surface area contributed by atoms with Gasteiger partial charge in [-0.1, -0.05) is 24.3 Å². The van der Waals surface area contributed by atoms with Crippen LogP contribution in [0.1, 0.15) is 17.0 Å². The van der Waals surface area contributed by atoms with Crippen molar-refractivity contribution in [2.75, 3.05) is 31.1 Å². The summed E-state index contributed by atoms with van der Waals surface area (Å²) in [6.45, 7) is 7.75. The number of benzene rings is 1. The van der Waals surface area contributed by atoms with Crippen molar-refractivity contribution in [3.63, 3.8) is 0 Å². The van der Waals surface area contributed by atoms with Gasteiger partial charge in [-0.25, -0.2) is 9.67 Å². The van der Waals surface area contributed by atoms with Crippen LogP contribution in [0.2, 0.25) is 0 Å².